The lowest BCUT2D eigenvalue weighted by molar-refractivity contribution is -0.141. The summed E-state index contributed by atoms with van der Waals surface area (Å²) >= 11 is 0. The van der Waals surface area contributed by atoms with Gasteiger partial charge in [-0.05, 0) is 30.5 Å². The second-order valence-electron chi connectivity index (χ2n) is 5.84. The van der Waals surface area contributed by atoms with Gasteiger partial charge in [-0.15, -0.1) is 12.4 Å². The van der Waals surface area contributed by atoms with Gasteiger partial charge in [0.1, 0.15) is 5.82 Å². The number of hydrogen-bond acceptors (Lipinski definition) is 3. The van der Waals surface area contributed by atoms with E-state index >= 15 is 0 Å². The topological polar surface area (TPSA) is 38.3 Å². The minimum atomic E-state index is -1.25. The van der Waals surface area contributed by atoms with Gasteiger partial charge in [0.2, 0.25) is 0 Å². The van der Waals surface area contributed by atoms with E-state index in [9.17, 15) is 18.0 Å². The van der Waals surface area contributed by atoms with Crippen LogP contribution in [0.3, 0.4) is 0 Å². The Balaban J connectivity index is 0.00000338. The molecular weight excluding hydrogens is 367 g/mol. The monoisotopic (exact) mass is 387 g/mol. The molecule has 26 heavy (non-hydrogen) atoms. The Kier molecular flexibility index (Phi) is 8.61. The summed E-state index contributed by atoms with van der Waals surface area (Å²) in [6, 6.07) is 10.2. The van der Waals surface area contributed by atoms with Crippen molar-refractivity contribution < 1.29 is 22.7 Å². The van der Waals surface area contributed by atoms with Crippen LogP contribution in [0.5, 0.6) is 0 Å². The molecule has 0 aliphatic heterocycles. The van der Waals surface area contributed by atoms with Crippen LogP contribution in [0.25, 0.3) is 0 Å². The SMILES string of the molecule is COC(=O)C[C@@H](Cc1cc(F)cc(F)c1F)N[C@H](C)c1ccccc1.Cl. The number of hydrogen-bond donors (Lipinski definition) is 1. The zero-order chi connectivity index (χ0) is 18.4. The van der Waals surface area contributed by atoms with E-state index in [-0.39, 0.29) is 36.9 Å². The predicted octanol–water partition coefficient (Wildman–Crippen LogP) is 4.35. The summed E-state index contributed by atoms with van der Waals surface area (Å²) in [4.78, 5) is 11.6. The number of ether oxygens (including phenoxy) is 1. The lowest BCUT2D eigenvalue weighted by atomic mass is 10.00. The largest absolute Gasteiger partial charge is 0.469 e. The molecule has 2 aromatic carbocycles. The van der Waals surface area contributed by atoms with Crippen LogP contribution in [0.2, 0.25) is 0 Å². The minimum Gasteiger partial charge on any atom is -0.469 e. The molecule has 1 N–H and O–H groups in total. The predicted molar refractivity (Wildman–Crippen MR) is 95.7 cm³/mol. The second kappa shape index (κ2) is 10.2. The second-order valence-corrected chi connectivity index (χ2v) is 5.84. The number of rotatable bonds is 7. The first-order chi connectivity index (χ1) is 11.9. The molecule has 0 aromatic heterocycles. The highest BCUT2D eigenvalue weighted by Crippen LogP contribution is 2.19. The van der Waals surface area contributed by atoms with Crippen LogP contribution in [0.15, 0.2) is 42.5 Å². The van der Waals surface area contributed by atoms with Gasteiger partial charge in [0.15, 0.2) is 11.6 Å². The zero-order valence-electron chi connectivity index (χ0n) is 14.5. The first-order valence-corrected chi connectivity index (χ1v) is 7.92. The van der Waals surface area contributed by atoms with Gasteiger partial charge in [-0.25, -0.2) is 13.2 Å². The summed E-state index contributed by atoms with van der Waals surface area (Å²) in [5, 5.41) is 3.20. The van der Waals surface area contributed by atoms with E-state index in [2.05, 4.69) is 10.1 Å². The average molecular weight is 388 g/mol. The molecule has 7 heteroatoms. The van der Waals surface area contributed by atoms with Crippen LogP contribution in [0.1, 0.15) is 30.5 Å². The van der Waals surface area contributed by atoms with Crippen LogP contribution in [0.4, 0.5) is 13.2 Å². The Labute approximate surface area is 157 Å². The molecule has 2 aromatic rings. The maximum Gasteiger partial charge on any atom is 0.307 e. The summed E-state index contributed by atoms with van der Waals surface area (Å²) in [5.74, 6) is -3.70. The van der Waals surface area contributed by atoms with Crippen molar-refractivity contribution in [2.75, 3.05) is 7.11 Å². The van der Waals surface area contributed by atoms with Crippen molar-refractivity contribution in [2.45, 2.75) is 31.8 Å². The van der Waals surface area contributed by atoms with Gasteiger partial charge in [-0.2, -0.15) is 0 Å². The molecule has 2 atom stereocenters. The number of methoxy groups -OCH3 is 1. The molecule has 0 spiro atoms. The number of esters is 1. The van der Waals surface area contributed by atoms with Gasteiger partial charge in [0, 0.05) is 18.2 Å². The summed E-state index contributed by atoms with van der Waals surface area (Å²) in [6.07, 6.45) is -0.0992. The van der Waals surface area contributed by atoms with Crippen molar-refractivity contribution in [3.63, 3.8) is 0 Å². The number of carbonyl (C=O) groups is 1. The number of halogens is 4. The van der Waals surface area contributed by atoms with Crippen LogP contribution < -0.4 is 5.32 Å². The van der Waals surface area contributed by atoms with E-state index in [1.54, 1.807) is 0 Å². The third-order valence-electron chi connectivity index (χ3n) is 3.96. The molecule has 0 bridgehead atoms. The third kappa shape index (κ3) is 6.04. The Morgan fingerprint density at radius 2 is 1.81 bits per heavy atom. The van der Waals surface area contributed by atoms with Gasteiger partial charge >= 0.3 is 5.97 Å². The molecule has 3 nitrogen and oxygen atoms in total. The molecule has 0 aliphatic carbocycles. The summed E-state index contributed by atoms with van der Waals surface area (Å²) in [5.41, 5.74) is 0.849. The number of carbonyl (C=O) groups excluding carboxylic acids is 1. The van der Waals surface area contributed by atoms with Gasteiger partial charge in [0.25, 0.3) is 0 Å². The normalized spacial score (nSPS) is 12.8. The third-order valence-corrected chi connectivity index (χ3v) is 3.96. The van der Waals surface area contributed by atoms with Gasteiger partial charge in [-0.1, -0.05) is 30.3 Å². The van der Waals surface area contributed by atoms with Crippen LogP contribution in [-0.4, -0.2) is 19.1 Å². The van der Waals surface area contributed by atoms with Crippen molar-refractivity contribution in [3.05, 3.63) is 71.0 Å². The van der Waals surface area contributed by atoms with Gasteiger partial charge in [-0.3, -0.25) is 4.79 Å². The van der Waals surface area contributed by atoms with E-state index in [1.165, 1.54) is 7.11 Å². The Hall–Kier alpha value is -2.05. The van der Waals surface area contributed by atoms with Crippen molar-refractivity contribution in [1.82, 2.24) is 5.32 Å². The van der Waals surface area contributed by atoms with Crippen molar-refractivity contribution in [2.24, 2.45) is 0 Å². The van der Waals surface area contributed by atoms with E-state index in [4.69, 9.17) is 0 Å². The summed E-state index contributed by atoms with van der Waals surface area (Å²) in [7, 11) is 1.25. The molecule has 0 aliphatic rings. The molecule has 0 saturated carbocycles. The minimum absolute atomic E-state index is 0. The van der Waals surface area contributed by atoms with Crippen molar-refractivity contribution in [3.8, 4) is 0 Å². The standard InChI is InChI=1S/C19H20F3NO2.ClH/c1-12(13-6-4-3-5-7-13)23-16(11-18(24)25-2)9-14-8-15(20)10-17(21)19(14)22;/h3-8,10,12,16,23H,9,11H2,1-2H3;1H/t12-,16-;/m1./s1. The summed E-state index contributed by atoms with van der Waals surface area (Å²) in [6.45, 7) is 1.89. The fourth-order valence-corrected chi connectivity index (χ4v) is 2.69. The first-order valence-electron chi connectivity index (χ1n) is 7.92. The number of benzene rings is 2. The highest BCUT2D eigenvalue weighted by atomic mass is 35.5. The van der Waals surface area contributed by atoms with Crippen LogP contribution >= 0.6 is 12.4 Å². The quantitative estimate of drug-likeness (QED) is 0.567. The fourth-order valence-electron chi connectivity index (χ4n) is 2.69. The van der Waals surface area contributed by atoms with Crippen LogP contribution in [0, 0.1) is 17.5 Å². The highest BCUT2D eigenvalue weighted by molar-refractivity contribution is 5.85. The first kappa shape index (κ1) is 22.0. The molecule has 0 heterocycles. The van der Waals surface area contributed by atoms with Crippen LogP contribution in [-0.2, 0) is 16.0 Å². The Morgan fingerprint density at radius 1 is 1.15 bits per heavy atom. The maximum atomic E-state index is 13.9. The fraction of sp³-hybridized carbons (Fsp3) is 0.316. The molecule has 142 valence electrons. The van der Waals surface area contributed by atoms with Crippen molar-refractivity contribution >= 4 is 18.4 Å². The Morgan fingerprint density at radius 3 is 2.42 bits per heavy atom. The molecule has 0 amide bonds. The molecule has 0 fully saturated rings. The molecule has 2 rings (SSSR count). The summed E-state index contributed by atoms with van der Waals surface area (Å²) < 4.78 is 45.4. The lowest BCUT2D eigenvalue weighted by Gasteiger charge is -2.23. The van der Waals surface area contributed by atoms with E-state index < -0.39 is 29.5 Å². The molecule has 0 unspecified atom stereocenters. The average Bonchev–Trinajstić information content (AvgIpc) is 2.59. The zero-order valence-corrected chi connectivity index (χ0v) is 15.3. The molecule has 0 radical (unpaired) electrons. The molecular formula is C19H21ClF3NO2. The van der Waals surface area contributed by atoms with Gasteiger partial charge < -0.3 is 10.1 Å². The molecule has 0 saturated heterocycles. The number of nitrogens with one attached hydrogen (secondary N) is 1. The van der Waals surface area contributed by atoms with E-state index in [0.717, 1.165) is 11.6 Å². The highest BCUT2D eigenvalue weighted by Gasteiger charge is 2.21. The van der Waals surface area contributed by atoms with Crippen molar-refractivity contribution in [1.29, 1.82) is 0 Å². The smallest absolute Gasteiger partial charge is 0.307 e. The van der Waals surface area contributed by atoms with E-state index in [1.807, 2.05) is 37.3 Å². The maximum absolute atomic E-state index is 13.9. The van der Waals surface area contributed by atoms with Gasteiger partial charge in [0.05, 0.1) is 13.5 Å². The Bertz CT molecular complexity index is 728. The lowest BCUT2D eigenvalue weighted by Crippen LogP contribution is -2.36. The van der Waals surface area contributed by atoms with E-state index in [0.29, 0.717) is 6.07 Å².